The summed E-state index contributed by atoms with van der Waals surface area (Å²) in [5, 5.41) is 12.7. The van der Waals surface area contributed by atoms with E-state index in [2.05, 4.69) is 5.16 Å². The first-order chi connectivity index (χ1) is 12.8. The highest BCUT2D eigenvalue weighted by molar-refractivity contribution is 6.02. The first-order valence-corrected chi connectivity index (χ1v) is 8.04. The van der Waals surface area contributed by atoms with Crippen molar-refractivity contribution in [3.8, 4) is 11.8 Å². The van der Waals surface area contributed by atoms with Crippen LogP contribution < -0.4 is 10.5 Å². The standard InChI is InChI=1S/C19H19N3O5/c1-11(21)16(8-20)18(23)10-26-19(24)14-4-6-15(7-5-14)25-9-17-12(2)22-27-13(17)3/h4-7H,9-10,21H2,1-3H3. The van der Waals surface area contributed by atoms with Crippen molar-refractivity contribution in [3.63, 3.8) is 0 Å². The van der Waals surface area contributed by atoms with Crippen LogP contribution in [-0.4, -0.2) is 23.5 Å². The van der Waals surface area contributed by atoms with E-state index >= 15 is 0 Å². The highest BCUT2D eigenvalue weighted by Crippen LogP contribution is 2.18. The molecule has 0 bridgehead atoms. The summed E-state index contributed by atoms with van der Waals surface area (Å²) in [6, 6.07) is 7.95. The van der Waals surface area contributed by atoms with Gasteiger partial charge in [-0.2, -0.15) is 5.26 Å². The molecule has 0 radical (unpaired) electrons. The number of hydrogen-bond acceptors (Lipinski definition) is 8. The molecular formula is C19H19N3O5. The fourth-order valence-electron chi connectivity index (χ4n) is 2.21. The minimum atomic E-state index is -0.687. The molecule has 0 fully saturated rings. The van der Waals surface area contributed by atoms with Crippen molar-refractivity contribution in [3.05, 3.63) is 58.1 Å². The second kappa shape index (κ2) is 8.67. The third-order valence-corrected chi connectivity index (χ3v) is 3.77. The van der Waals surface area contributed by atoms with Gasteiger partial charge in [-0.1, -0.05) is 5.16 Å². The third kappa shape index (κ3) is 4.95. The van der Waals surface area contributed by atoms with Gasteiger partial charge in [-0.25, -0.2) is 4.79 Å². The molecule has 0 aliphatic carbocycles. The van der Waals surface area contributed by atoms with Gasteiger partial charge in [-0.15, -0.1) is 0 Å². The monoisotopic (exact) mass is 369 g/mol. The predicted octanol–water partition coefficient (Wildman–Crippen LogP) is 2.35. The molecular weight excluding hydrogens is 350 g/mol. The Labute approximate surface area is 156 Å². The smallest absolute Gasteiger partial charge is 0.338 e. The summed E-state index contributed by atoms with van der Waals surface area (Å²) in [4.78, 5) is 23.8. The normalized spacial score (nSPS) is 11.3. The summed E-state index contributed by atoms with van der Waals surface area (Å²) in [5.41, 5.74) is 7.18. The van der Waals surface area contributed by atoms with Crippen LogP contribution in [0.5, 0.6) is 5.75 Å². The van der Waals surface area contributed by atoms with Crippen molar-refractivity contribution < 1.29 is 23.6 Å². The number of carbonyl (C=O) groups is 2. The maximum Gasteiger partial charge on any atom is 0.338 e. The summed E-state index contributed by atoms with van der Waals surface area (Å²) >= 11 is 0. The Balaban J connectivity index is 1.93. The Morgan fingerprint density at radius 1 is 1.26 bits per heavy atom. The maximum atomic E-state index is 12.0. The molecule has 8 nitrogen and oxygen atoms in total. The number of allylic oxidation sites excluding steroid dienone is 1. The van der Waals surface area contributed by atoms with E-state index in [1.807, 2.05) is 6.92 Å². The number of carbonyl (C=O) groups excluding carboxylic acids is 2. The topological polar surface area (TPSA) is 128 Å². The lowest BCUT2D eigenvalue weighted by Crippen LogP contribution is -2.17. The number of rotatable bonds is 7. The van der Waals surface area contributed by atoms with Crippen LogP contribution >= 0.6 is 0 Å². The number of aryl methyl sites for hydroxylation is 2. The Morgan fingerprint density at radius 2 is 1.93 bits per heavy atom. The summed E-state index contributed by atoms with van der Waals surface area (Å²) < 4.78 is 15.6. The molecule has 0 atom stereocenters. The van der Waals surface area contributed by atoms with E-state index in [1.54, 1.807) is 25.1 Å². The van der Waals surface area contributed by atoms with Crippen molar-refractivity contribution in [1.82, 2.24) is 5.16 Å². The SMILES string of the molecule is CC(N)=C(C#N)C(=O)COC(=O)c1ccc(OCc2c(C)noc2C)cc1. The molecule has 0 aliphatic rings. The number of ketones is 1. The highest BCUT2D eigenvalue weighted by atomic mass is 16.5. The van der Waals surface area contributed by atoms with Crippen molar-refractivity contribution in [2.75, 3.05) is 6.61 Å². The lowest BCUT2D eigenvalue weighted by molar-refractivity contribution is -0.118. The van der Waals surface area contributed by atoms with E-state index < -0.39 is 18.4 Å². The minimum Gasteiger partial charge on any atom is -0.489 e. The number of nitrogens with zero attached hydrogens (tertiary/aromatic N) is 2. The predicted molar refractivity (Wildman–Crippen MR) is 94.5 cm³/mol. The first-order valence-electron chi connectivity index (χ1n) is 8.04. The van der Waals surface area contributed by atoms with Crippen LogP contribution in [0.2, 0.25) is 0 Å². The van der Waals surface area contributed by atoms with Gasteiger partial charge in [0.05, 0.1) is 16.8 Å². The van der Waals surface area contributed by atoms with Crippen molar-refractivity contribution in [2.45, 2.75) is 27.4 Å². The molecule has 2 N–H and O–H groups in total. The van der Waals surface area contributed by atoms with E-state index in [-0.39, 0.29) is 16.8 Å². The van der Waals surface area contributed by atoms with E-state index in [1.165, 1.54) is 19.1 Å². The third-order valence-electron chi connectivity index (χ3n) is 3.77. The molecule has 8 heteroatoms. The minimum absolute atomic E-state index is 0.0818. The number of ether oxygens (including phenoxy) is 2. The van der Waals surface area contributed by atoms with E-state index in [9.17, 15) is 9.59 Å². The average Bonchev–Trinajstić information content (AvgIpc) is 2.96. The molecule has 1 heterocycles. The second-order valence-electron chi connectivity index (χ2n) is 5.78. The van der Waals surface area contributed by atoms with Gasteiger partial charge in [0.2, 0.25) is 5.78 Å². The maximum absolute atomic E-state index is 12.0. The number of esters is 1. The Hall–Kier alpha value is -3.60. The van der Waals surface area contributed by atoms with Crippen molar-refractivity contribution in [2.24, 2.45) is 5.73 Å². The number of benzene rings is 1. The lowest BCUT2D eigenvalue weighted by atomic mass is 10.1. The average molecular weight is 369 g/mol. The molecule has 2 aromatic rings. The van der Waals surface area contributed by atoms with Gasteiger partial charge >= 0.3 is 5.97 Å². The van der Waals surface area contributed by atoms with Gasteiger partial charge in [0.1, 0.15) is 29.8 Å². The number of Topliss-reactive ketones (excluding diaryl/α,β-unsaturated/α-hetero) is 1. The number of nitrogens with two attached hydrogens (primary N) is 1. The molecule has 0 amide bonds. The summed E-state index contributed by atoms with van der Waals surface area (Å²) in [6.07, 6.45) is 0. The molecule has 0 aliphatic heterocycles. The van der Waals surface area contributed by atoms with Gasteiger partial charge in [0.15, 0.2) is 6.61 Å². The molecule has 27 heavy (non-hydrogen) atoms. The largest absolute Gasteiger partial charge is 0.489 e. The van der Waals surface area contributed by atoms with Crippen molar-refractivity contribution in [1.29, 1.82) is 5.26 Å². The van der Waals surface area contributed by atoms with Crippen molar-refractivity contribution >= 4 is 11.8 Å². The molecule has 1 aromatic heterocycles. The number of hydrogen-bond donors (Lipinski definition) is 1. The number of aromatic nitrogens is 1. The molecule has 1 aromatic carbocycles. The summed E-state index contributed by atoms with van der Waals surface area (Å²) in [7, 11) is 0. The zero-order valence-electron chi connectivity index (χ0n) is 15.2. The van der Waals surface area contributed by atoms with Crippen LogP contribution in [0.4, 0.5) is 0 Å². The second-order valence-corrected chi connectivity index (χ2v) is 5.78. The quantitative estimate of drug-likeness (QED) is 0.447. The van der Waals surface area contributed by atoms with Crippen LogP contribution in [0.3, 0.4) is 0 Å². The fraction of sp³-hybridized carbons (Fsp3) is 0.263. The van der Waals surface area contributed by atoms with E-state index in [4.69, 9.17) is 25.0 Å². The van der Waals surface area contributed by atoms with Crippen LogP contribution in [0, 0.1) is 25.2 Å². The number of nitriles is 1. The van der Waals surface area contributed by atoms with Gasteiger partial charge < -0.3 is 19.7 Å². The van der Waals surface area contributed by atoms with Crippen LogP contribution in [0.1, 0.15) is 34.3 Å². The van der Waals surface area contributed by atoms with Crippen LogP contribution in [0.15, 0.2) is 40.1 Å². The first kappa shape index (κ1) is 19.7. The molecule has 0 saturated carbocycles. The Kier molecular flexibility index (Phi) is 6.33. The molecule has 0 saturated heterocycles. The molecule has 0 unspecified atom stereocenters. The van der Waals surface area contributed by atoms with Gasteiger partial charge in [-0.05, 0) is 45.0 Å². The molecule has 2 rings (SSSR count). The van der Waals surface area contributed by atoms with E-state index in [0.717, 1.165) is 11.3 Å². The molecule has 0 spiro atoms. The zero-order valence-corrected chi connectivity index (χ0v) is 15.2. The zero-order chi connectivity index (χ0) is 20.0. The van der Waals surface area contributed by atoms with Gasteiger partial charge in [0, 0.05) is 5.70 Å². The molecule has 140 valence electrons. The highest BCUT2D eigenvalue weighted by Gasteiger charge is 2.15. The Bertz CT molecular complexity index is 896. The Morgan fingerprint density at radius 3 is 2.44 bits per heavy atom. The van der Waals surface area contributed by atoms with Gasteiger partial charge in [-0.3, -0.25) is 4.79 Å². The summed E-state index contributed by atoms with van der Waals surface area (Å²) in [5.74, 6) is -0.0928. The van der Waals surface area contributed by atoms with Gasteiger partial charge in [0.25, 0.3) is 0 Å². The van der Waals surface area contributed by atoms with Crippen LogP contribution in [0.25, 0.3) is 0 Å². The fourth-order valence-corrected chi connectivity index (χ4v) is 2.21. The summed E-state index contributed by atoms with van der Waals surface area (Å²) in [6.45, 7) is 4.80. The lowest BCUT2D eigenvalue weighted by Gasteiger charge is -2.07. The van der Waals surface area contributed by atoms with Crippen LogP contribution in [-0.2, 0) is 16.1 Å². The van der Waals surface area contributed by atoms with E-state index in [0.29, 0.717) is 18.1 Å².